The van der Waals surface area contributed by atoms with E-state index in [1.807, 2.05) is 5.32 Å². The van der Waals surface area contributed by atoms with Gasteiger partial charge in [-0.25, -0.2) is 22.7 Å². The van der Waals surface area contributed by atoms with Crippen molar-refractivity contribution >= 4 is 69.7 Å². The number of carbonyl (C=O) groups excluding carboxylic acids is 1. The van der Waals surface area contributed by atoms with Crippen LogP contribution in [-0.2, 0) is 36.5 Å². The average Bonchev–Trinajstić information content (AvgIpc) is 3.17. The molecule has 4 aromatic rings. The lowest BCUT2D eigenvalue weighted by Gasteiger charge is -2.14. The highest BCUT2D eigenvalue weighted by Crippen LogP contribution is 2.38. The number of aliphatic carboxylic acids is 1. The molecule has 0 saturated carbocycles. The van der Waals surface area contributed by atoms with Crippen molar-refractivity contribution in [2.24, 2.45) is 0 Å². The summed E-state index contributed by atoms with van der Waals surface area (Å²) in [5, 5.41) is 31.4. The normalized spacial score (nSPS) is 11.8. The maximum absolute atomic E-state index is 12.6. The lowest BCUT2D eigenvalue weighted by Crippen LogP contribution is -2.35. The molecule has 0 radical (unpaired) electrons. The second-order valence-corrected chi connectivity index (χ2v) is 18.5. The second-order valence-electron chi connectivity index (χ2n) is 12.4. The highest BCUT2D eigenvalue weighted by Gasteiger charge is 2.31. The minimum absolute atomic E-state index is 0.0111. The minimum Gasteiger partial charge on any atom is -0.778 e. The number of alkyl halides is 7. The number of hydrogen-bond acceptors (Lipinski definition) is 16. The molecule has 0 fully saturated rings. The topological polar surface area (TPSA) is 328 Å². The molecule has 0 saturated heterocycles. The van der Waals surface area contributed by atoms with Crippen LogP contribution in [0.3, 0.4) is 0 Å². The Balaban J connectivity index is 0.000000539. The molecule has 0 spiro atoms. The number of anilines is 1. The van der Waals surface area contributed by atoms with Gasteiger partial charge in [-0.15, -0.1) is 0 Å². The molecule has 6 N–H and O–H groups in total. The monoisotopic (exact) mass is 1060 g/mol. The fourth-order valence-corrected chi connectivity index (χ4v) is 5.84. The number of carbonyl (C=O) groups is 3. The Kier molecular flexibility index (Phi) is 24.2. The van der Waals surface area contributed by atoms with Crippen LogP contribution in [0.1, 0.15) is 22.8 Å². The van der Waals surface area contributed by atoms with Gasteiger partial charge in [0.2, 0.25) is 23.5 Å². The summed E-state index contributed by atoms with van der Waals surface area (Å²) in [4.78, 5) is 66.9. The van der Waals surface area contributed by atoms with Crippen LogP contribution in [0.2, 0.25) is 5.02 Å². The predicted octanol–water partition coefficient (Wildman–Crippen LogP) is 6.00. The number of carboxylic acid groups (broad SMARTS) is 2. The number of nitro benzene ring substituents is 1. The van der Waals surface area contributed by atoms with Gasteiger partial charge < -0.3 is 43.5 Å². The Bertz CT molecular complexity index is 2480. The van der Waals surface area contributed by atoms with Crippen LogP contribution in [0.4, 0.5) is 47.2 Å². The van der Waals surface area contributed by atoms with Gasteiger partial charge in [0.15, 0.2) is 0 Å². The Hall–Kier alpha value is -6.24. The van der Waals surface area contributed by atoms with Crippen LogP contribution >= 0.6 is 19.2 Å². The molecule has 0 aliphatic carbocycles. The number of urea groups is 1. The molecule has 0 aliphatic heterocycles. The quantitative estimate of drug-likeness (QED) is 0.0232. The molecule has 1 atom stereocenters. The third-order valence-corrected chi connectivity index (χ3v) is 8.77. The summed E-state index contributed by atoms with van der Waals surface area (Å²) in [5.74, 6) is -5.51. The molecule has 1 unspecified atom stereocenters. The first-order valence-electron chi connectivity index (χ1n) is 17.7. The Labute approximate surface area is 387 Å². The molecular weight excluding hydrogens is 1020 g/mol. The van der Waals surface area contributed by atoms with E-state index in [0.717, 1.165) is 30.3 Å². The van der Waals surface area contributed by atoms with E-state index in [1.54, 1.807) is 12.2 Å². The number of sulfonamides is 1. The summed E-state index contributed by atoms with van der Waals surface area (Å²) >= 11 is 5.80. The largest absolute Gasteiger partial charge is 0.778 e. The lowest BCUT2D eigenvalue weighted by molar-refractivity contribution is -0.385. The van der Waals surface area contributed by atoms with E-state index < -0.39 is 106 Å². The summed E-state index contributed by atoms with van der Waals surface area (Å²) in [6.07, 6.45) is 1.36. The third kappa shape index (κ3) is 23.5. The second kappa shape index (κ2) is 27.5. The number of nitro groups is 1. The number of rotatable bonds is 17. The lowest BCUT2D eigenvalue weighted by atomic mass is 10.2. The number of halogens is 8. The van der Waals surface area contributed by atoms with Gasteiger partial charge in [0.05, 0.1) is 65.3 Å². The molecule has 4 rings (SSSR count). The third-order valence-electron chi connectivity index (χ3n) is 6.46. The Morgan fingerprint density at radius 2 is 1.49 bits per heavy atom. The van der Waals surface area contributed by atoms with Crippen molar-refractivity contribution in [1.82, 2.24) is 20.0 Å². The number of ether oxygens (including phenoxy) is 4. The molecular formula is C35H37ClF7N6O16PS2. The molecule has 1 aromatic heterocycles. The highest BCUT2D eigenvalue weighted by atomic mass is 35.5. The number of hydrogen-bond donors (Lipinski definition) is 6. The van der Waals surface area contributed by atoms with Gasteiger partial charge in [-0.2, -0.15) is 40.7 Å². The van der Waals surface area contributed by atoms with Crippen LogP contribution in [0.5, 0.6) is 29.0 Å². The molecule has 68 heavy (non-hydrogen) atoms. The van der Waals surface area contributed by atoms with Crippen molar-refractivity contribution in [3.8, 4) is 29.0 Å². The fourth-order valence-electron chi connectivity index (χ4n) is 4.12. The fraction of sp³-hybridized carbons (Fsp3) is 0.286. The maximum Gasteiger partial charge on any atom is 0.416 e. The standard InChI is InChI=1S/C15H11ClF3NO4.C14H10F4N4O7S.C3H8NO5P.C3H9S/c1-2-23-14-8-10(4-5-12(14)20(21)22)24-13-6-3-9(7-11(13)16)15(17,18)19;15-11(16)28-8-5-9(29-12(17)18)20-13(19-8)21-14(25)22-30(26,27)7-4-2-1-3-6(7)10(23)24;5-3(6)1-4-2-10(7,8)9;1-4(2)3/h3-8H,2H2,1H3;1-5,11-12H,(H,23,24)(H2,19,20,21,22,25);4H,1-2H2,(H,5,6)(H2,7,8,9);1-3H3/q;;;+1/p-1. The minimum atomic E-state index is -4.71. The van der Waals surface area contributed by atoms with Crippen LogP contribution in [0, 0.1) is 10.1 Å². The van der Waals surface area contributed by atoms with E-state index in [-0.39, 0.29) is 34.6 Å². The number of carboxylic acids is 2. The Morgan fingerprint density at radius 3 is 1.94 bits per heavy atom. The molecule has 3 aromatic carbocycles. The van der Waals surface area contributed by atoms with Crippen molar-refractivity contribution in [2.75, 3.05) is 43.5 Å². The van der Waals surface area contributed by atoms with Crippen LogP contribution in [0.15, 0.2) is 71.6 Å². The average molecular weight is 1060 g/mol. The molecule has 22 nitrogen and oxygen atoms in total. The van der Waals surface area contributed by atoms with Crippen LogP contribution < -0.4 is 39.2 Å². The van der Waals surface area contributed by atoms with Crippen molar-refractivity contribution in [3.63, 3.8) is 0 Å². The maximum atomic E-state index is 12.6. The molecule has 0 bridgehead atoms. The first kappa shape index (κ1) is 59.8. The first-order valence-corrected chi connectivity index (χ1v) is 23.8. The van der Waals surface area contributed by atoms with Crippen molar-refractivity contribution in [1.29, 1.82) is 0 Å². The number of benzene rings is 3. The van der Waals surface area contributed by atoms with Gasteiger partial charge in [-0.1, -0.05) is 23.7 Å². The number of aromatic carboxylic acids is 1. The predicted molar refractivity (Wildman–Crippen MR) is 224 cm³/mol. The number of amides is 2. The summed E-state index contributed by atoms with van der Waals surface area (Å²) in [7, 11) is -8.42. The van der Waals surface area contributed by atoms with E-state index in [0.29, 0.717) is 17.0 Å². The van der Waals surface area contributed by atoms with E-state index in [4.69, 9.17) is 36.2 Å². The van der Waals surface area contributed by atoms with Gasteiger partial charge in [0.25, 0.3) is 10.0 Å². The van der Waals surface area contributed by atoms with E-state index in [1.165, 1.54) is 35.1 Å². The van der Waals surface area contributed by atoms with E-state index >= 15 is 0 Å². The first-order chi connectivity index (χ1) is 31.3. The summed E-state index contributed by atoms with van der Waals surface area (Å²) < 4.78 is 141. The zero-order chi connectivity index (χ0) is 52.2. The molecule has 2 amide bonds. The molecule has 0 aliphatic rings. The number of nitrogens with zero attached hydrogens (tertiary/aromatic N) is 3. The summed E-state index contributed by atoms with van der Waals surface area (Å²) in [6, 6.07) is 9.63. The van der Waals surface area contributed by atoms with E-state index in [9.17, 15) is 73.1 Å². The SMILES string of the molecule is CCOc1cc(Oc2ccc(C(F)(F)F)cc2Cl)ccc1[N+](=O)[O-].C[S+](C)C.O=C(Nc1nc(OC(F)F)cc(OC(F)F)n1)NS(=O)(=O)c1ccccc1C(=O)O.O=C(O)CNCP(=O)([O-])O. The van der Waals surface area contributed by atoms with Gasteiger partial charge in [0, 0.05) is 12.1 Å². The van der Waals surface area contributed by atoms with Crippen molar-refractivity contribution in [2.45, 2.75) is 31.2 Å². The number of aromatic nitrogens is 2. The van der Waals surface area contributed by atoms with Gasteiger partial charge in [-0.3, -0.25) is 25.5 Å². The zero-order valence-electron chi connectivity index (χ0n) is 34.9. The van der Waals surface area contributed by atoms with Gasteiger partial charge in [-0.05, 0) is 54.2 Å². The van der Waals surface area contributed by atoms with Crippen molar-refractivity contribution in [3.05, 3.63) is 93.0 Å². The van der Waals surface area contributed by atoms with Crippen LogP contribution in [-0.4, -0.2) is 108 Å². The van der Waals surface area contributed by atoms with E-state index in [2.05, 4.69) is 38.2 Å². The highest BCUT2D eigenvalue weighted by molar-refractivity contribution is 7.94. The summed E-state index contributed by atoms with van der Waals surface area (Å²) in [6.45, 7) is -5.44. The van der Waals surface area contributed by atoms with Gasteiger partial charge in [0.1, 0.15) is 24.0 Å². The van der Waals surface area contributed by atoms with Crippen LogP contribution in [0.25, 0.3) is 0 Å². The van der Waals surface area contributed by atoms with Gasteiger partial charge >= 0.3 is 43.1 Å². The number of nitrogens with one attached hydrogen (secondary N) is 3. The molecule has 1 heterocycles. The molecule has 376 valence electrons. The smallest absolute Gasteiger partial charge is 0.416 e. The zero-order valence-corrected chi connectivity index (χ0v) is 38.2. The summed E-state index contributed by atoms with van der Waals surface area (Å²) in [5.41, 5.74) is -1.80. The van der Waals surface area contributed by atoms with Crippen molar-refractivity contribution < 1.29 is 102 Å². The molecule has 33 heteroatoms. The Morgan fingerprint density at radius 1 is 0.926 bits per heavy atom.